The van der Waals surface area contributed by atoms with E-state index in [0.717, 1.165) is 22.8 Å². The number of aliphatic carboxylic acids is 1. The Balaban J connectivity index is 3.11. The van der Waals surface area contributed by atoms with Crippen LogP contribution in [-0.2, 0) is 4.79 Å². The van der Waals surface area contributed by atoms with E-state index < -0.39 is 11.8 Å². The molecule has 1 N–H and O–H groups in total. The zero-order chi connectivity index (χ0) is 19.1. The van der Waals surface area contributed by atoms with Crippen molar-refractivity contribution in [2.75, 3.05) is 7.11 Å². The average Bonchev–Trinajstić information content (AvgIpc) is 2.54. The smallest absolute Gasteiger partial charge is 0.328 e. The molecule has 25 heavy (non-hydrogen) atoms. The minimum Gasteiger partial charge on any atom is -0.496 e. The molecule has 1 aromatic carbocycles. The normalized spacial score (nSPS) is 13.5. The lowest BCUT2D eigenvalue weighted by atomic mass is 10.0. The Morgan fingerprint density at radius 3 is 2.40 bits per heavy atom. The number of ether oxygens (including phenoxy) is 1. The molecule has 3 nitrogen and oxygen atoms in total. The number of benzene rings is 1. The van der Waals surface area contributed by atoms with Crippen LogP contribution in [0.5, 0.6) is 5.75 Å². The predicted molar refractivity (Wildman–Crippen MR) is 101 cm³/mol. The van der Waals surface area contributed by atoms with E-state index in [1.165, 1.54) is 12.2 Å². The van der Waals surface area contributed by atoms with Crippen LogP contribution < -0.4 is 4.74 Å². The topological polar surface area (TPSA) is 46.5 Å². The van der Waals surface area contributed by atoms with Gasteiger partial charge in [-0.2, -0.15) is 0 Å². The molecule has 0 heterocycles. The van der Waals surface area contributed by atoms with E-state index in [1.807, 2.05) is 13.8 Å². The molecule has 0 saturated carbocycles. The fourth-order valence-corrected chi connectivity index (χ4v) is 2.45. The van der Waals surface area contributed by atoms with E-state index in [4.69, 9.17) is 21.4 Å². The summed E-state index contributed by atoms with van der Waals surface area (Å²) in [5.74, 6) is -0.807. The van der Waals surface area contributed by atoms with E-state index in [-0.39, 0.29) is 0 Å². The van der Waals surface area contributed by atoms with E-state index in [1.54, 1.807) is 39.2 Å². The van der Waals surface area contributed by atoms with Crippen LogP contribution in [0.3, 0.4) is 0 Å². The van der Waals surface area contributed by atoms with Crippen molar-refractivity contribution < 1.29 is 19.0 Å². The summed E-state index contributed by atoms with van der Waals surface area (Å²) in [6.45, 7) is 7.09. The lowest BCUT2D eigenvalue weighted by molar-refractivity contribution is -0.131. The molecule has 0 fully saturated rings. The monoisotopic (exact) mass is 364 g/mol. The third kappa shape index (κ3) is 5.91. The Kier molecular flexibility index (Phi) is 7.65. The largest absolute Gasteiger partial charge is 0.496 e. The van der Waals surface area contributed by atoms with Crippen LogP contribution in [0.1, 0.15) is 30.5 Å². The Morgan fingerprint density at radius 2 is 1.84 bits per heavy atom. The molecule has 1 rings (SSSR count). The highest BCUT2D eigenvalue weighted by Gasteiger charge is 2.10. The summed E-state index contributed by atoms with van der Waals surface area (Å²) in [6, 6.07) is 1.74. The summed E-state index contributed by atoms with van der Waals surface area (Å²) < 4.78 is 19.4. The highest BCUT2D eigenvalue weighted by molar-refractivity contribution is 6.32. The van der Waals surface area contributed by atoms with Gasteiger partial charge >= 0.3 is 5.97 Å². The molecular formula is C20H22ClFO3. The molecule has 0 aliphatic rings. The number of carboxylic acid groups (broad SMARTS) is 1. The number of rotatable bonds is 6. The Labute approximate surface area is 152 Å². The summed E-state index contributed by atoms with van der Waals surface area (Å²) in [6.07, 6.45) is 7.06. The molecule has 0 unspecified atom stereocenters. The van der Waals surface area contributed by atoms with Crippen LogP contribution in [0.15, 0.2) is 47.3 Å². The van der Waals surface area contributed by atoms with Crippen molar-refractivity contribution >= 4 is 23.6 Å². The lowest BCUT2D eigenvalue weighted by Gasteiger charge is -2.12. The van der Waals surface area contributed by atoms with Crippen LogP contribution in [-0.4, -0.2) is 18.2 Å². The van der Waals surface area contributed by atoms with Gasteiger partial charge in [-0.1, -0.05) is 29.8 Å². The zero-order valence-corrected chi connectivity index (χ0v) is 15.7. The van der Waals surface area contributed by atoms with E-state index in [0.29, 0.717) is 21.9 Å². The summed E-state index contributed by atoms with van der Waals surface area (Å²) >= 11 is 6.28. The SMILES string of the molecule is COc1cc(Cl)c(C=CC(C)=C(F)C=CC(C)=CC(=O)O)c(C)c1C. The van der Waals surface area contributed by atoms with Gasteiger partial charge in [0.05, 0.1) is 12.1 Å². The third-order valence-corrected chi connectivity index (χ3v) is 4.10. The second kappa shape index (κ2) is 9.23. The van der Waals surface area contributed by atoms with Crippen LogP contribution in [0.4, 0.5) is 4.39 Å². The van der Waals surface area contributed by atoms with Crippen molar-refractivity contribution in [1.82, 2.24) is 0 Å². The first kappa shape index (κ1) is 20.7. The Morgan fingerprint density at radius 1 is 1.20 bits per heavy atom. The molecule has 0 aromatic heterocycles. The average molecular weight is 365 g/mol. The molecule has 0 radical (unpaired) electrons. The second-order valence-corrected chi connectivity index (χ2v) is 6.06. The molecule has 0 atom stereocenters. The van der Waals surface area contributed by atoms with Crippen LogP contribution in [0.2, 0.25) is 5.02 Å². The first-order valence-electron chi connectivity index (χ1n) is 7.64. The molecule has 0 aliphatic heterocycles. The molecule has 0 spiro atoms. The number of hydrogen-bond acceptors (Lipinski definition) is 2. The zero-order valence-electron chi connectivity index (χ0n) is 15.0. The van der Waals surface area contributed by atoms with Crippen molar-refractivity contribution in [3.63, 3.8) is 0 Å². The lowest BCUT2D eigenvalue weighted by Crippen LogP contribution is -1.94. The summed E-state index contributed by atoms with van der Waals surface area (Å²) in [5.41, 5.74) is 3.60. The fraction of sp³-hybridized carbons (Fsp3) is 0.250. The highest BCUT2D eigenvalue weighted by Crippen LogP contribution is 2.32. The minimum absolute atomic E-state index is 0.406. The van der Waals surface area contributed by atoms with Gasteiger partial charge in [-0.3, -0.25) is 0 Å². The number of hydrogen-bond donors (Lipinski definition) is 1. The molecule has 0 amide bonds. The predicted octanol–water partition coefficient (Wildman–Crippen LogP) is 5.81. The highest BCUT2D eigenvalue weighted by atomic mass is 35.5. The quantitative estimate of drug-likeness (QED) is 0.511. The van der Waals surface area contributed by atoms with Crippen molar-refractivity contribution in [2.24, 2.45) is 0 Å². The van der Waals surface area contributed by atoms with Crippen LogP contribution in [0.25, 0.3) is 6.08 Å². The number of halogens is 2. The number of methoxy groups -OCH3 is 1. The molecule has 0 aliphatic carbocycles. The number of allylic oxidation sites excluding steroid dienone is 6. The van der Waals surface area contributed by atoms with Crippen LogP contribution >= 0.6 is 11.6 Å². The summed E-state index contributed by atoms with van der Waals surface area (Å²) in [4.78, 5) is 10.5. The van der Waals surface area contributed by atoms with E-state index >= 15 is 0 Å². The maximum atomic E-state index is 14.1. The number of carboxylic acids is 1. The summed E-state index contributed by atoms with van der Waals surface area (Å²) in [7, 11) is 1.59. The van der Waals surface area contributed by atoms with Gasteiger partial charge in [0.2, 0.25) is 0 Å². The first-order chi connectivity index (χ1) is 11.7. The fourth-order valence-electron chi connectivity index (χ4n) is 2.15. The molecular weight excluding hydrogens is 343 g/mol. The number of carbonyl (C=O) groups is 1. The van der Waals surface area contributed by atoms with Gasteiger partial charge < -0.3 is 9.84 Å². The van der Waals surface area contributed by atoms with Gasteiger partial charge in [0.25, 0.3) is 0 Å². The van der Waals surface area contributed by atoms with E-state index in [9.17, 15) is 9.18 Å². The van der Waals surface area contributed by atoms with Crippen LogP contribution in [0, 0.1) is 13.8 Å². The van der Waals surface area contributed by atoms with Crippen molar-refractivity contribution in [3.05, 3.63) is 69.1 Å². The first-order valence-corrected chi connectivity index (χ1v) is 8.02. The summed E-state index contributed by atoms with van der Waals surface area (Å²) in [5, 5.41) is 9.16. The van der Waals surface area contributed by atoms with Gasteiger partial charge in [-0.05, 0) is 67.7 Å². The Bertz CT molecular complexity index is 787. The third-order valence-electron chi connectivity index (χ3n) is 3.79. The maximum Gasteiger partial charge on any atom is 0.328 e. The standard InChI is InChI=1S/C20H22ClFO3/c1-12(10-20(23)24)6-9-18(22)13(2)7-8-16-14(3)15(4)19(25-5)11-17(16)21/h6-11H,1-5H3,(H,23,24). The van der Waals surface area contributed by atoms with Gasteiger partial charge in [0.1, 0.15) is 11.6 Å². The van der Waals surface area contributed by atoms with Gasteiger partial charge in [0.15, 0.2) is 0 Å². The van der Waals surface area contributed by atoms with Crippen molar-refractivity contribution in [2.45, 2.75) is 27.7 Å². The van der Waals surface area contributed by atoms with E-state index in [2.05, 4.69) is 0 Å². The minimum atomic E-state index is -1.07. The van der Waals surface area contributed by atoms with Gasteiger partial charge in [-0.25, -0.2) is 9.18 Å². The molecule has 1 aromatic rings. The van der Waals surface area contributed by atoms with Gasteiger partial charge in [0, 0.05) is 6.08 Å². The molecule has 134 valence electrons. The molecule has 5 heteroatoms. The molecule has 0 saturated heterocycles. The maximum absolute atomic E-state index is 14.1. The van der Waals surface area contributed by atoms with Crippen molar-refractivity contribution in [3.8, 4) is 5.75 Å². The van der Waals surface area contributed by atoms with Crippen molar-refractivity contribution in [1.29, 1.82) is 0 Å². The second-order valence-electron chi connectivity index (χ2n) is 5.65. The van der Waals surface area contributed by atoms with Gasteiger partial charge in [-0.15, -0.1) is 0 Å². The Hall–Kier alpha value is -2.33. The molecule has 0 bridgehead atoms.